The Bertz CT molecular complexity index is 386. The summed E-state index contributed by atoms with van der Waals surface area (Å²) in [6.45, 7) is 2.10. The molecule has 9 nitrogen and oxygen atoms in total. The van der Waals surface area contributed by atoms with E-state index in [1.165, 1.54) is 0 Å². The van der Waals surface area contributed by atoms with Crippen molar-refractivity contribution in [3.05, 3.63) is 0 Å². The molecule has 0 aromatic carbocycles. The molecule has 0 atom stereocenters. The minimum Gasteiger partial charge on any atom is -0.759 e. The number of primary amides is 2. The average molecular weight is 393 g/mol. The van der Waals surface area contributed by atoms with E-state index in [-0.39, 0.29) is 72.0 Å². The summed E-state index contributed by atoms with van der Waals surface area (Å²) in [6, 6.07) is 0. The van der Waals surface area contributed by atoms with Crippen LogP contribution in [0.3, 0.4) is 0 Å². The quantitative estimate of drug-likeness (QED) is 0.176. The van der Waals surface area contributed by atoms with E-state index >= 15 is 0 Å². The molecule has 0 aromatic heterocycles. The first-order valence-electron chi connectivity index (χ1n) is 5.05. The molecule has 0 saturated carbocycles. The van der Waals surface area contributed by atoms with Gasteiger partial charge in [0.25, 0.3) is 0 Å². The maximum Gasteiger partial charge on any atom is 1.00 e. The Morgan fingerprint density at radius 1 is 1.05 bits per heavy atom. The molecule has 0 bridgehead atoms. The number of thiocarbonyl (C=S) groups is 1. The standard InChI is InChI=1S/C4H8N2O2.C4H9NS2.2Na.H2O4S/c5-3(7)1-2-4(6)8;1-2-3-7-4(5)6;;;1-5(2,3)4/h1-2H2,(H2,5,7)(H2,6,8);2-3H2,1H3,(H2,5,6);;;(H2,1,2,3,4)/q;;2*+1;/p-2. The molecule has 0 rings (SSSR count). The van der Waals surface area contributed by atoms with Gasteiger partial charge in [-0.05, 0) is 12.2 Å². The molecule has 0 radical (unpaired) electrons. The van der Waals surface area contributed by atoms with Crippen molar-refractivity contribution in [3.63, 3.8) is 0 Å². The summed E-state index contributed by atoms with van der Waals surface area (Å²) in [5.41, 5.74) is 14.6. The molecule has 22 heavy (non-hydrogen) atoms. The minimum atomic E-state index is -5.17. The third-order valence-corrected chi connectivity index (χ3v) is 2.32. The van der Waals surface area contributed by atoms with Crippen LogP contribution < -0.4 is 76.3 Å². The smallest absolute Gasteiger partial charge is 0.759 e. The number of thioether (sulfide) groups is 1. The number of carbonyl (C=O) groups is 2. The third-order valence-electron chi connectivity index (χ3n) is 1.07. The van der Waals surface area contributed by atoms with E-state index in [1.807, 2.05) is 0 Å². The number of carbonyl (C=O) groups excluding carboxylic acids is 2. The SMILES string of the molecule is CCCSC(N)=S.NC(=O)CCC(N)=O.O=S(=O)([O-])[O-].[Na+].[Na+]. The Labute approximate surface area is 184 Å². The molecule has 120 valence electrons. The van der Waals surface area contributed by atoms with Crippen molar-refractivity contribution < 1.29 is 86.2 Å². The van der Waals surface area contributed by atoms with Gasteiger partial charge < -0.3 is 26.3 Å². The minimum absolute atomic E-state index is 0. The molecule has 0 aliphatic rings. The van der Waals surface area contributed by atoms with Crippen LogP contribution in [0, 0.1) is 0 Å². The van der Waals surface area contributed by atoms with E-state index < -0.39 is 22.2 Å². The van der Waals surface area contributed by atoms with Gasteiger partial charge in [-0.25, -0.2) is 0 Å². The van der Waals surface area contributed by atoms with E-state index in [4.69, 9.17) is 34.7 Å². The molecule has 14 heteroatoms. The Morgan fingerprint density at radius 3 is 1.41 bits per heavy atom. The number of hydrogen-bond donors (Lipinski definition) is 3. The van der Waals surface area contributed by atoms with Crippen LogP contribution in [0.15, 0.2) is 0 Å². The van der Waals surface area contributed by atoms with Crippen molar-refractivity contribution in [2.45, 2.75) is 26.2 Å². The summed E-state index contributed by atoms with van der Waals surface area (Å²) >= 11 is 6.14. The van der Waals surface area contributed by atoms with Gasteiger partial charge in [-0.2, -0.15) is 0 Å². The van der Waals surface area contributed by atoms with E-state index in [0.29, 0.717) is 4.32 Å². The van der Waals surface area contributed by atoms with Gasteiger partial charge in [-0.3, -0.25) is 18.0 Å². The van der Waals surface area contributed by atoms with Gasteiger partial charge in [0.1, 0.15) is 4.32 Å². The Morgan fingerprint density at radius 2 is 1.32 bits per heavy atom. The van der Waals surface area contributed by atoms with Gasteiger partial charge in [-0.15, -0.1) is 0 Å². The van der Waals surface area contributed by atoms with Crippen molar-refractivity contribution in [2.24, 2.45) is 17.2 Å². The second kappa shape index (κ2) is 22.1. The fraction of sp³-hybridized carbons (Fsp3) is 0.625. The van der Waals surface area contributed by atoms with Gasteiger partial charge >= 0.3 is 59.1 Å². The molecule has 0 aromatic rings. The van der Waals surface area contributed by atoms with Crippen LogP contribution in [0.25, 0.3) is 0 Å². The van der Waals surface area contributed by atoms with Crippen molar-refractivity contribution >= 4 is 50.5 Å². The normalized spacial score (nSPS) is 8.50. The maximum atomic E-state index is 9.92. The monoisotopic (exact) mass is 393 g/mol. The Kier molecular flexibility index (Phi) is 34.5. The first-order chi connectivity index (χ1) is 8.90. The van der Waals surface area contributed by atoms with Crippen LogP contribution in [0.5, 0.6) is 0 Å². The number of amides is 2. The molecular weight excluding hydrogens is 376 g/mol. The molecule has 6 N–H and O–H groups in total. The second-order valence-electron chi connectivity index (χ2n) is 3.01. The second-order valence-corrected chi connectivity index (χ2v) is 5.66. The molecule has 2 amide bonds. The third kappa shape index (κ3) is 83.8. The van der Waals surface area contributed by atoms with Crippen LogP contribution in [0.2, 0.25) is 0 Å². The van der Waals surface area contributed by atoms with Gasteiger partial charge in [0.05, 0.1) is 0 Å². The van der Waals surface area contributed by atoms with Crippen LogP contribution in [-0.4, -0.2) is 39.4 Å². The number of nitrogens with two attached hydrogens (primary N) is 3. The zero-order chi connectivity index (χ0) is 16.8. The molecule has 0 heterocycles. The molecule has 0 aliphatic heterocycles. The Hall–Kier alpha value is 1.05. The van der Waals surface area contributed by atoms with Crippen molar-refractivity contribution in [3.8, 4) is 0 Å². The van der Waals surface area contributed by atoms with Crippen LogP contribution in [0.1, 0.15) is 26.2 Å². The molecule has 0 saturated heterocycles. The average Bonchev–Trinajstić information content (AvgIpc) is 2.22. The van der Waals surface area contributed by atoms with E-state index in [0.717, 1.165) is 12.2 Å². The summed E-state index contributed by atoms with van der Waals surface area (Å²) in [7, 11) is -5.17. The summed E-state index contributed by atoms with van der Waals surface area (Å²) < 4.78 is 34.6. The number of hydrogen-bond acceptors (Lipinski definition) is 8. The largest absolute Gasteiger partial charge is 1.00 e. The van der Waals surface area contributed by atoms with Crippen molar-refractivity contribution in [1.82, 2.24) is 0 Å². The molecular formula is C8H17N3Na2O6S3. The predicted molar refractivity (Wildman–Crippen MR) is 77.6 cm³/mol. The summed E-state index contributed by atoms with van der Waals surface area (Å²) in [4.78, 5) is 19.8. The van der Waals surface area contributed by atoms with Crippen LogP contribution in [-0.2, 0) is 20.0 Å². The molecule has 0 unspecified atom stereocenters. The van der Waals surface area contributed by atoms with Gasteiger partial charge in [0.2, 0.25) is 11.8 Å². The summed E-state index contributed by atoms with van der Waals surface area (Å²) in [6.07, 6.45) is 1.24. The van der Waals surface area contributed by atoms with Gasteiger partial charge in [0.15, 0.2) is 0 Å². The van der Waals surface area contributed by atoms with Crippen LogP contribution >= 0.6 is 24.0 Å². The fourth-order valence-electron chi connectivity index (χ4n) is 0.449. The van der Waals surface area contributed by atoms with E-state index in [2.05, 4.69) is 19.1 Å². The van der Waals surface area contributed by atoms with Gasteiger partial charge in [0, 0.05) is 23.2 Å². The van der Waals surface area contributed by atoms with E-state index in [1.54, 1.807) is 11.8 Å². The molecule has 0 spiro atoms. The van der Waals surface area contributed by atoms with E-state index in [9.17, 15) is 9.59 Å². The zero-order valence-corrected chi connectivity index (χ0v) is 19.2. The number of rotatable bonds is 5. The summed E-state index contributed by atoms with van der Waals surface area (Å²) in [5.74, 6) is 0.0580. The fourth-order valence-corrected chi connectivity index (χ4v) is 1.10. The predicted octanol–water partition coefficient (Wildman–Crippen LogP) is -7.22. The topological polar surface area (TPSA) is 192 Å². The first-order valence-corrected chi connectivity index (χ1v) is 7.78. The van der Waals surface area contributed by atoms with Crippen molar-refractivity contribution in [1.29, 1.82) is 0 Å². The summed E-state index contributed by atoms with van der Waals surface area (Å²) in [5, 5.41) is 0. The first kappa shape index (κ1) is 34.4. The van der Waals surface area contributed by atoms with Gasteiger partial charge in [-0.1, -0.05) is 30.9 Å². The molecule has 0 fully saturated rings. The maximum absolute atomic E-state index is 9.92. The van der Waals surface area contributed by atoms with Crippen molar-refractivity contribution in [2.75, 3.05) is 5.75 Å². The molecule has 0 aliphatic carbocycles. The zero-order valence-electron chi connectivity index (χ0n) is 12.7. The van der Waals surface area contributed by atoms with Crippen LogP contribution in [0.4, 0.5) is 0 Å². The Balaban J connectivity index is -0.0000000643.